The summed E-state index contributed by atoms with van der Waals surface area (Å²) in [5.41, 5.74) is 0. The molecule has 0 amide bonds. The molecule has 0 heterocycles. The Morgan fingerprint density at radius 2 is 0.893 bits per heavy atom. The summed E-state index contributed by atoms with van der Waals surface area (Å²) in [6.45, 7) is 10.0. The van der Waals surface area contributed by atoms with Gasteiger partial charge in [-0.3, -0.25) is 9.59 Å². The van der Waals surface area contributed by atoms with Gasteiger partial charge in [0.2, 0.25) is 0 Å². The summed E-state index contributed by atoms with van der Waals surface area (Å²) < 4.78 is 31.5. The molecule has 0 radical (unpaired) electrons. The van der Waals surface area contributed by atoms with Crippen LogP contribution in [0.4, 0.5) is 0 Å². The highest BCUT2D eigenvalue weighted by Crippen LogP contribution is 2.11. The van der Waals surface area contributed by atoms with Gasteiger partial charge < -0.3 is 28.4 Å². The first kappa shape index (κ1) is 26.8. The van der Waals surface area contributed by atoms with E-state index < -0.39 is 17.9 Å². The second-order valence-electron chi connectivity index (χ2n) is 6.13. The minimum atomic E-state index is -0.911. The summed E-state index contributed by atoms with van der Waals surface area (Å²) in [6.07, 6.45) is 2.98. The molecule has 0 unspecified atom stereocenters. The number of ether oxygens (including phenoxy) is 6. The second kappa shape index (κ2) is 20.5. The lowest BCUT2D eigenvalue weighted by molar-refractivity contribution is -0.164. The third-order valence-corrected chi connectivity index (χ3v) is 3.53. The van der Waals surface area contributed by atoms with Gasteiger partial charge in [-0.25, -0.2) is 0 Å². The van der Waals surface area contributed by atoms with Crippen molar-refractivity contribution in [1.82, 2.24) is 0 Å². The summed E-state index contributed by atoms with van der Waals surface area (Å²) >= 11 is 0. The van der Waals surface area contributed by atoms with Crippen LogP contribution in [0.3, 0.4) is 0 Å². The zero-order chi connectivity index (χ0) is 20.9. The molecule has 0 aromatic heterocycles. The van der Waals surface area contributed by atoms with Gasteiger partial charge in [0.25, 0.3) is 0 Å². The molecule has 0 N–H and O–H groups in total. The fourth-order valence-corrected chi connectivity index (χ4v) is 2.16. The van der Waals surface area contributed by atoms with Crippen LogP contribution in [0.2, 0.25) is 0 Å². The highest BCUT2D eigenvalue weighted by Gasteiger charge is 2.28. The van der Waals surface area contributed by atoms with E-state index in [-0.39, 0.29) is 26.4 Å². The Kier molecular flexibility index (Phi) is 19.6. The summed E-state index contributed by atoms with van der Waals surface area (Å²) in [4.78, 5) is 24.3. The number of hydrogen-bond acceptors (Lipinski definition) is 8. The molecule has 0 aromatic carbocycles. The van der Waals surface area contributed by atoms with Crippen molar-refractivity contribution < 1.29 is 38.0 Å². The minimum absolute atomic E-state index is 0.0982. The highest BCUT2D eigenvalue weighted by molar-refractivity contribution is 5.94. The van der Waals surface area contributed by atoms with Crippen molar-refractivity contribution in [3.05, 3.63) is 0 Å². The molecule has 0 bridgehead atoms. The van der Waals surface area contributed by atoms with Crippen LogP contribution in [0.15, 0.2) is 0 Å². The molecule has 0 aromatic rings. The number of carbonyl (C=O) groups excluding carboxylic acids is 2. The van der Waals surface area contributed by atoms with Gasteiger partial charge in [-0.05, 0) is 19.3 Å². The maximum Gasteiger partial charge on any atom is 0.320 e. The Bertz CT molecular complexity index is 343. The maximum atomic E-state index is 12.1. The summed E-state index contributed by atoms with van der Waals surface area (Å²) in [6, 6.07) is 0. The van der Waals surface area contributed by atoms with Crippen LogP contribution in [0.1, 0.15) is 46.5 Å². The Morgan fingerprint density at radius 3 is 1.25 bits per heavy atom. The van der Waals surface area contributed by atoms with Gasteiger partial charge in [-0.1, -0.05) is 27.2 Å². The molecule has 0 atom stereocenters. The van der Waals surface area contributed by atoms with Gasteiger partial charge in [0.15, 0.2) is 5.92 Å². The van der Waals surface area contributed by atoms with Crippen LogP contribution < -0.4 is 0 Å². The van der Waals surface area contributed by atoms with Crippen LogP contribution in [0.5, 0.6) is 0 Å². The summed E-state index contributed by atoms with van der Waals surface area (Å²) in [5.74, 6) is -2.07. The molecule has 0 saturated heterocycles. The third kappa shape index (κ3) is 15.8. The zero-order valence-electron chi connectivity index (χ0n) is 17.7. The predicted octanol–water partition coefficient (Wildman–Crippen LogP) is 2.38. The lowest BCUT2D eigenvalue weighted by Crippen LogP contribution is -2.29. The molecule has 0 fully saturated rings. The first-order chi connectivity index (χ1) is 13.7. The van der Waals surface area contributed by atoms with E-state index in [0.29, 0.717) is 52.5 Å². The SMILES string of the molecule is CCCOCCOCCOC(=O)C(CCC)C(=O)OCCOCCOCCC. The average Bonchev–Trinajstić information content (AvgIpc) is 2.69. The first-order valence-corrected chi connectivity index (χ1v) is 10.3. The Labute approximate surface area is 169 Å². The fraction of sp³-hybridized carbons (Fsp3) is 0.900. The molecular formula is C20H38O8. The van der Waals surface area contributed by atoms with E-state index in [4.69, 9.17) is 28.4 Å². The number of rotatable bonds is 20. The van der Waals surface area contributed by atoms with Gasteiger partial charge in [-0.15, -0.1) is 0 Å². The van der Waals surface area contributed by atoms with Crippen molar-refractivity contribution in [3.8, 4) is 0 Å². The van der Waals surface area contributed by atoms with Gasteiger partial charge in [0, 0.05) is 13.2 Å². The molecule has 8 nitrogen and oxygen atoms in total. The van der Waals surface area contributed by atoms with Crippen LogP contribution in [0, 0.1) is 5.92 Å². The van der Waals surface area contributed by atoms with Crippen molar-refractivity contribution in [2.45, 2.75) is 46.5 Å². The van der Waals surface area contributed by atoms with Crippen LogP contribution in [-0.2, 0) is 38.0 Å². The predicted molar refractivity (Wildman–Crippen MR) is 104 cm³/mol. The molecule has 0 rings (SSSR count). The van der Waals surface area contributed by atoms with Crippen LogP contribution in [-0.4, -0.2) is 78.0 Å². The lowest BCUT2D eigenvalue weighted by atomic mass is 10.0. The topological polar surface area (TPSA) is 89.5 Å². The molecule has 0 saturated carbocycles. The van der Waals surface area contributed by atoms with Crippen molar-refractivity contribution in [2.75, 3.05) is 66.1 Å². The summed E-state index contributed by atoms with van der Waals surface area (Å²) in [7, 11) is 0. The average molecular weight is 407 g/mol. The number of esters is 2. The molecular weight excluding hydrogens is 368 g/mol. The molecule has 0 aliphatic heterocycles. The molecule has 0 aliphatic carbocycles. The minimum Gasteiger partial charge on any atom is -0.463 e. The van der Waals surface area contributed by atoms with E-state index in [1.807, 2.05) is 20.8 Å². The van der Waals surface area contributed by atoms with E-state index in [9.17, 15) is 9.59 Å². The first-order valence-electron chi connectivity index (χ1n) is 10.3. The highest BCUT2D eigenvalue weighted by atomic mass is 16.6. The van der Waals surface area contributed by atoms with Gasteiger partial charge in [0.1, 0.15) is 13.2 Å². The van der Waals surface area contributed by atoms with E-state index >= 15 is 0 Å². The zero-order valence-corrected chi connectivity index (χ0v) is 17.7. The second-order valence-corrected chi connectivity index (χ2v) is 6.13. The van der Waals surface area contributed by atoms with E-state index in [1.165, 1.54) is 0 Å². The van der Waals surface area contributed by atoms with E-state index in [0.717, 1.165) is 12.8 Å². The monoisotopic (exact) mass is 406 g/mol. The van der Waals surface area contributed by atoms with E-state index in [1.54, 1.807) is 0 Å². The quantitative estimate of drug-likeness (QED) is 0.173. The van der Waals surface area contributed by atoms with E-state index in [2.05, 4.69) is 0 Å². The van der Waals surface area contributed by atoms with Crippen molar-refractivity contribution in [1.29, 1.82) is 0 Å². The van der Waals surface area contributed by atoms with Crippen molar-refractivity contribution in [3.63, 3.8) is 0 Å². The Balaban J connectivity index is 3.87. The largest absolute Gasteiger partial charge is 0.463 e. The number of carbonyl (C=O) groups is 2. The number of hydrogen-bond donors (Lipinski definition) is 0. The van der Waals surface area contributed by atoms with Gasteiger partial charge >= 0.3 is 11.9 Å². The maximum absolute atomic E-state index is 12.1. The van der Waals surface area contributed by atoms with Gasteiger partial charge in [-0.2, -0.15) is 0 Å². The summed E-state index contributed by atoms with van der Waals surface area (Å²) in [5, 5.41) is 0. The molecule has 28 heavy (non-hydrogen) atoms. The van der Waals surface area contributed by atoms with Crippen molar-refractivity contribution in [2.24, 2.45) is 5.92 Å². The lowest BCUT2D eigenvalue weighted by Gasteiger charge is -2.15. The van der Waals surface area contributed by atoms with Crippen molar-refractivity contribution >= 4 is 11.9 Å². The molecule has 166 valence electrons. The van der Waals surface area contributed by atoms with Gasteiger partial charge in [0.05, 0.1) is 39.6 Å². The standard InChI is InChI=1S/C20H38O8/c1-4-7-18(19(21)27-16-14-25-12-10-23-8-5-2)20(22)28-17-15-26-13-11-24-9-6-3/h18H,4-17H2,1-3H3. The molecule has 0 aliphatic rings. The Morgan fingerprint density at radius 1 is 0.536 bits per heavy atom. The normalized spacial score (nSPS) is 11.0. The molecule has 0 spiro atoms. The third-order valence-electron chi connectivity index (χ3n) is 3.53. The fourth-order valence-electron chi connectivity index (χ4n) is 2.16. The Hall–Kier alpha value is -1.22. The van der Waals surface area contributed by atoms with Crippen LogP contribution in [0.25, 0.3) is 0 Å². The molecule has 8 heteroatoms. The smallest absolute Gasteiger partial charge is 0.320 e. The van der Waals surface area contributed by atoms with Crippen LogP contribution >= 0.6 is 0 Å².